The van der Waals surface area contributed by atoms with Crippen molar-refractivity contribution in [3.8, 4) is 0 Å². The molecule has 1 atom stereocenters. The molecule has 0 aliphatic rings. The first-order chi connectivity index (χ1) is 11.0. The van der Waals surface area contributed by atoms with Gasteiger partial charge in [0, 0.05) is 11.6 Å². The third-order valence-electron chi connectivity index (χ3n) is 3.40. The number of carbonyl (C=O) groups excluding carboxylic acids is 1. The number of rotatable bonds is 5. The molecule has 122 valence electrons. The Morgan fingerprint density at radius 3 is 2.48 bits per heavy atom. The summed E-state index contributed by atoms with van der Waals surface area (Å²) in [6.07, 6.45) is 0.671. The summed E-state index contributed by atoms with van der Waals surface area (Å²) in [5.41, 5.74) is 1.56. The number of hydrogen-bond donors (Lipinski definition) is 2. The summed E-state index contributed by atoms with van der Waals surface area (Å²) in [5.74, 6) is -1.84. The Labute approximate surface area is 138 Å². The van der Waals surface area contributed by atoms with Crippen molar-refractivity contribution < 1.29 is 13.6 Å². The van der Waals surface area contributed by atoms with Gasteiger partial charge in [-0.3, -0.25) is 0 Å². The summed E-state index contributed by atoms with van der Waals surface area (Å²) >= 11 is 5.80. The van der Waals surface area contributed by atoms with Crippen LogP contribution in [0.4, 0.5) is 13.6 Å². The molecule has 2 amide bonds. The second-order valence-corrected chi connectivity index (χ2v) is 5.61. The molecule has 2 rings (SSSR count). The molecular formula is C17H17ClF2N2O. The van der Waals surface area contributed by atoms with Gasteiger partial charge in [0.15, 0.2) is 11.6 Å². The fraction of sp³-hybridized carbons (Fsp3) is 0.235. The maximum absolute atomic E-state index is 13.2. The fourth-order valence-electron chi connectivity index (χ4n) is 2.08. The fourth-order valence-corrected chi connectivity index (χ4v) is 2.21. The molecule has 1 unspecified atom stereocenters. The van der Waals surface area contributed by atoms with E-state index < -0.39 is 17.7 Å². The average Bonchev–Trinajstić information content (AvgIpc) is 2.52. The zero-order chi connectivity index (χ0) is 16.8. The van der Waals surface area contributed by atoms with E-state index in [1.54, 1.807) is 19.1 Å². The van der Waals surface area contributed by atoms with Crippen LogP contribution >= 0.6 is 11.6 Å². The van der Waals surface area contributed by atoms with Crippen LogP contribution in [-0.2, 0) is 6.42 Å². The second-order valence-electron chi connectivity index (χ2n) is 5.17. The average molecular weight is 339 g/mol. The van der Waals surface area contributed by atoms with Crippen molar-refractivity contribution in [2.45, 2.75) is 19.4 Å². The van der Waals surface area contributed by atoms with Crippen LogP contribution in [0.1, 0.15) is 24.1 Å². The smallest absolute Gasteiger partial charge is 0.315 e. The number of benzene rings is 2. The van der Waals surface area contributed by atoms with Crippen LogP contribution in [0, 0.1) is 11.6 Å². The Hall–Kier alpha value is -2.14. The van der Waals surface area contributed by atoms with Crippen molar-refractivity contribution in [2.75, 3.05) is 6.54 Å². The molecule has 0 radical (unpaired) electrons. The summed E-state index contributed by atoms with van der Waals surface area (Å²) in [6, 6.07) is 10.1. The third kappa shape index (κ3) is 5.21. The third-order valence-corrected chi connectivity index (χ3v) is 3.66. The standard InChI is InChI=1S/C17H17ClF2N2O/c1-11(13-4-7-15(19)16(20)10-13)22-17(23)21-9-8-12-2-5-14(18)6-3-12/h2-7,10-11H,8-9H2,1H3,(H2,21,22,23). The van der Waals surface area contributed by atoms with Crippen molar-refractivity contribution >= 4 is 17.6 Å². The van der Waals surface area contributed by atoms with Gasteiger partial charge in [0.1, 0.15) is 0 Å². The predicted molar refractivity (Wildman–Crippen MR) is 86.5 cm³/mol. The van der Waals surface area contributed by atoms with Gasteiger partial charge in [0.25, 0.3) is 0 Å². The second kappa shape index (κ2) is 7.92. The first-order valence-corrected chi connectivity index (χ1v) is 7.57. The molecule has 0 aromatic heterocycles. The number of hydrogen-bond acceptors (Lipinski definition) is 1. The Kier molecular flexibility index (Phi) is 5.93. The number of amides is 2. The van der Waals surface area contributed by atoms with Crippen LogP contribution in [0.3, 0.4) is 0 Å². The highest BCUT2D eigenvalue weighted by atomic mass is 35.5. The highest BCUT2D eigenvalue weighted by Crippen LogP contribution is 2.15. The van der Waals surface area contributed by atoms with Crippen LogP contribution in [0.2, 0.25) is 5.02 Å². The minimum Gasteiger partial charge on any atom is -0.338 e. The largest absolute Gasteiger partial charge is 0.338 e. The van der Waals surface area contributed by atoms with Crippen LogP contribution < -0.4 is 10.6 Å². The van der Waals surface area contributed by atoms with Crippen molar-refractivity contribution in [2.24, 2.45) is 0 Å². The molecule has 0 spiro atoms. The molecule has 2 N–H and O–H groups in total. The molecule has 0 bridgehead atoms. The predicted octanol–water partition coefficient (Wildman–Crippen LogP) is 4.22. The van der Waals surface area contributed by atoms with E-state index >= 15 is 0 Å². The maximum atomic E-state index is 13.2. The zero-order valence-corrected chi connectivity index (χ0v) is 13.3. The van der Waals surface area contributed by atoms with Crippen LogP contribution in [-0.4, -0.2) is 12.6 Å². The van der Waals surface area contributed by atoms with Gasteiger partial charge in [0.2, 0.25) is 0 Å². The van der Waals surface area contributed by atoms with Gasteiger partial charge >= 0.3 is 6.03 Å². The van der Waals surface area contributed by atoms with Crippen molar-refractivity contribution in [3.05, 3.63) is 70.2 Å². The Balaban J connectivity index is 1.79. The monoisotopic (exact) mass is 338 g/mol. The normalized spacial score (nSPS) is 11.8. The number of urea groups is 1. The SMILES string of the molecule is CC(NC(=O)NCCc1ccc(Cl)cc1)c1ccc(F)c(F)c1. The van der Waals surface area contributed by atoms with Crippen LogP contribution in [0.25, 0.3) is 0 Å². The van der Waals surface area contributed by atoms with Crippen LogP contribution in [0.15, 0.2) is 42.5 Å². The Morgan fingerprint density at radius 1 is 1.13 bits per heavy atom. The first kappa shape index (κ1) is 17.2. The van der Waals surface area contributed by atoms with E-state index in [0.29, 0.717) is 23.6 Å². The number of nitrogens with one attached hydrogen (secondary N) is 2. The lowest BCUT2D eigenvalue weighted by atomic mass is 10.1. The van der Waals surface area contributed by atoms with E-state index in [1.165, 1.54) is 6.07 Å². The molecule has 0 saturated heterocycles. The maximum Gasteiger partial charge on any atom is 0.315 e. The van der Waals surface area contributed by atoms with Crippen molar-refractivity contribution in [1.82, 2.24) is 10.6 Å². The lowest BCUT2D eigenvalue weighted by Crippen LogP contribution is -2.38. The quantitative estimate of drug-likeness (QED) is 0.842. The summed E-state index contributed by atoms with van der Waals surface area (Å²) < 4.78 is 26.1. The molecule has 0 saturated carbocycles. The minimum atomic E-state index is -0.931. The molecule has 0 heterocycles. The minimum absolute atomic E-state index is 0.365. The van der Waals surface area contributed by atoms with Gasteiger partial charge in [-0.15, -0.1) is 0 Å². The van der Waals surface area contributed by atoms with Gasteiger partial charge in [-0.2, -0.15) is 0 Å². The lowest BCUT2D eigenvalue weighted by molar-refractivity contribution is 0.238. The summed E-state index contributed by atoms with van der Waals surface area (Å²) in [6.45, 7) is 2.16. The molecule has 3 nitrogen and oxygen atoms in total. The van der Waals surface area contributed by atoms with E-state index in [4.69, 9.17) is 11.6 Å². The zero-order valence-electron chi connectivity index (χ0n) is 12.6. The van der Waals surface area contributed by atoms with Gasteiger partial charge in [-0.25, -0.2) is 13.6 Å². The van der Waals surface area contributed by atoms with Gasteiger partial charge in [0.05, 0.1) is 6.04 Å². The number of halogens is 3. The van der Waals surface area contributed by atoms with E-state index in [9.17, 15) is 13.6 Å². The molecule has 2 aromatic rings. The summed E-state index contributed by atoms with van der Waals surface area (Å²) in [4.78, 5) is 11.8. The van der Waals surface area contributed by atoms with Gasteiger partial charge in [-0.1, -0.05) is 29.8 Å². The highest BCUT2D eigenvalue weighted by Gasteiger charge is 2.11. The Bertz CT molecular complexity index is 677. The van der Waals surface area contributed by atoms with E-state index in [1.807, 2.05) is 12.1 Å². The summed E-state index contributed by atoms with van der Waals surface area (Å²) in [7, 11) is 0. The molecule has 6 heteroatoms. The van der Waals surface area contributed by atoms with E-state index in [2.05, 4.69) is 10.6 Å². The van der Waals surface area contributed by atoms with Gasteiger partial charge < -0.3 is 10.6 Å². The molecule has 2 aromatic carbocycles. The molecule has 0 fully saturated rings. The Morgan fingerprint density at radius 2 is 1.83 bits per heavy atom. The van der Waals surface area contributed by atoms with E-state index in [-0.39, 0.29) is 6.03 Å². The molecule has 23 heavy (non-hydrogen) atoms. The first-order valence-electron chi connectivity index (χ1n) is 7.19. The van der Waals surface area contributed by atoms with Crippen LogP contribution in [0.5, 0.6) is 0 Å². The van der Waals surface area contributed by atoms with Crippen molar-refractivity contribution in [3.63, 3.8) is 0 Å². The lowest BCUT2D eigenvalue weighted by Gasteiger charge is -2.15. The van der Waals surface area contributed by atoms with Crippen molar-refractivity contribution in [1.29, 1.82) is 0 Å². The summed E-state index contributed by atoms with van der Waals surface area (Å²) in [5, 5.41) is 6.07. The number of carbonyl (C=O) groups is 1. The molecular weight excluding hydrogens is 322 g/mol. The molecule has 0 aliphatic carbocycles. The highest BCUT2D eigenvalue weighted by molar-refractivity contribution is 6.30. The van der Waals surface area contributed by atoms with Gasteiger partial charge in [-0.05, 0) is 48.7 Å². The van der Waals surface area contributed by atoms with E-state index in [0.717, 1.165) is 17.7 Å². The topological polar surface area (TPSA) is 41.1 Å². The molecule has 0 aliphatic heterocycles.